The van der Waals surface area contributed by atoms with Gasteiger partial charge in [0.25, 0.3) is 0 Å². The molecule has 0 saturated carbocycles. The Kier molecular flexibility index (Phi) is 5.21. The number of carbonyl (C=O) groups is 1. The zero-order valence-corrected chi connectivity index (χ0v) is 15.7. The molecule has 0 aliphatic carbocycles. The molecule has 1 saturated heterocycles. The number of rotatable bonds is 5. The number of nitrogens with two attached hydrogens (primary N) is 2. The van der Waals surface area contributed by atoms with Crippen LogP contribution in [0.3, 0.4) is 0 Å². The third-order valence-electron chi connectivity index (χ3n) is 4.53. The summed E-state index contributed by atoms with van der Waals surface area (Å²) in [5.41, 5.74) is 13.8. The highest BCUT2D eigenvalue weighted by molar-refractivity contribution is 5.93. The zero-order chi connectivity index (χ0) is 20.2. The molecule has 9 heteroatoms. The monoisotopic (exact) mass is 391 g/mol. The molecule has 0 radical (unpaired) electrons. The highest BCUT2D eigenvalue weighted by Gasteiger charge is 2.16. The lowest BCUT2D eigenvalue weighted by atomic mass is 10.2. The summed E-state index contributed by atoms with van der Waals surface area (Å²) in [6, 6.07) is 12.3. The van der Waals surface area contributed by atoms with Gasteiger partial charge >= 0.3 is 0 Å². The first-order valence-electron chi connectivity index (χ1n) is 9.19. The summed E-state index contributed by atoms with van der Waals surface area (Å²) in [6.45, 7) is 2.70. The van der Waals surface area contributed by atoms with Crippen molar-refractivity contribution in [3.05, 3.63) is 54.2 Å². The smallest absolute Gasteiger partial charge is 0.248 e. The summed E-state index contributed by atoms with van der Waals surface area (Å²) in [5.74, 6) is 1.22. The minimum atomic E-state index is -0.466. The van der Waals surface area contributed by atoms with Gasteiger partial charge in [0.1, 0.15) is 11.6 Å². The van der Waals surface area contributed by atoms with E-state index in [2.05, 4.69) is 20.2 Å². The molecular formula is C20H21N7O2. The van der Waals surface area contributed by atoms with Crippen LogP contribution >= 0.6 is 0 Å². The van der Waals surface area contributed by atoms with Gasteiger partial charge in [-0.15, -0.1) is 0 Å². The molecule has 0 unspecified atom stereocenters. The van der Waals surface area contributed by atoms with Crippen LogP contribution in [0.15, 0.2) is 48.7 Å². The van der Waals surface area contributed by atoms with Gasteiger partial charge in [-0.2, -0.15) is 4.98 Å². The van der Waals surface area contributed by atoms with E-state index in [4.69, 9.17) is 21.2 Å². The Morgan fingerprint density at radius 1 is 1.07 bits per heavy atom. The van der Waals surface area contributed by atoms with E-state index in [1.165, 1.54) is 0 Å². The van der Waals surface area contributed by atoms with Gasteiger partial charge in [0.05, 0.1) is 18.9 Å². The number of nitrogen functional groups attached to an aromatic ring is 1. The van der Waals surface area contributed by atoms with Gasteiger partial charge in [0.15, 0.2) is 0 Å². The quantitative estimate of drug-likeness (QED) is 0.600. The first-order chi connectivity index (χ1) is 14.1. The number of morpholine rings is 1. The van der Waals surface area contributed by atoms with Gasteiger partial charge in [-0.1, -0.05) is 0 Å². The second kappa shape index (κ2) is 8.11. The molecule has 2 aromatic heterocycles. The van der Waals surface area contributed by atoms with E-state index in [-0.39, 0.29) is 0 Å². The molecule has 5 N–H and O–H groups in total. The molecule has 29 heavy (non-hydrogen) atoms. The van der Waals surface area contributed by atoms with Gasteiger partial charge in [-0.25, -0.2) is 9.97 Å². The number of hydrogen-bond donors (Lipinski definition) is 3. The fourth-order valence-corrected chi connectivity index (χ4v) is 2.97. The number of nitrogens with zero attached hydrogens (tertiary/aromatic N) is 4. The number of hydrogen-bond acceptors (Lipinski definition) is 8. The molecular weight excluding hydrogens is 370 g/mol. The van der Waals surface area contributed by atoms with Crippen molar-refractivity contribution in [1.82, 2.24) is 15.0 Å². The van der Waals surface area contributed by atoms with Crippen molar-refractivity contribution in [1.29, 1.82) is 0 Å². The molecule has 9 nitrogen and oxygen atoms in total. The van der Waals surface area contributed by atoms with Gasteiger partial charge in [-0.05, 0) is 36.4 Å². The molecule has 0 bridgehead atoms. The lowest BCUT2D eigenvalue weighted by molar-refractivity contribution is 0.100. The number of benzene rings is 1. The van der Waals surface area contributed by atoms with Crippen LogP contribution in [-0.4, -0.2) is 47.2 Å². The third kappa shape index (κ3) is 4.41. The Morgan fingerprint density at radius 3 is 2.48 bits per heavy atom. The SMILES string of the molecule is NC(=O)c1ccc(Nc2cc(-c3ccc(N)nc3)nc(N3CCOCC3)n2)cc1. The first-order valence-corrected chi connectivity index (χ1v) is 9.19. The van der Waals surface area contributed by atoms with Crippen LogP contribution in [0.5, 0.6) is 0 Å². The van der Waals surface area contributed by atoms with E-state index in [0.29, 0.717) is 36.4 Å². The maximum absolute atomic E-state index is 11.3. The van der Waals surface area contributed by atoms with Crippen molar-refractivity contribution in [3.63, 3.8) is 0 Å². The van der Waals surface area contributed by atoms with Crippen LogP contribution in [0.1, 0.15) is 10.4 Å². The Balaban J connectivity index is 1.68. The predicted molar refractivity (Wildman–Crippen MR) is 111 cm³/mol. The fraction of sp³-hybridized carbons (Fsp3) is 0.200. The molecule has 1 aromatic carbocycles. The standard InChI is InChI=1S/C20H21N7O2/c21-17-6-3-14(12-23-17)16-11-18(24-15-4-1-13(2-5-15)19(22)28)26-20(25-16)27-7-9-29-10-8-27/h1-6,11-12H,7-10H2,(H2,21,23)(H2,22,28)(H,24,25,26). The van der Waals surface area contributed by atoms with Gasteiger partial charge in [0, 0.05) is 42.2 Å². The van der Waals surface area contributed by atoms with E-state index < -0.39 is 5.91 Å². The van der Waals surface area contributed by atoms with E-state index in [0.717, 1.165) is 30.0 Å². The molecule has 3 heterocycles. The number of anilines is 4. The Labute approximate surface area is 167 Å². The number of nitrogens with one attached hydrogen (secondary N) is 1. The number of primary amides is 1. The molecule has 0 spiro atoms. The molecule has 1 aliphatic heterocycles. The number of ether oxygens (including phenoxy) is 1. The molecule has 1 aliphatic rings. The van der Waals surface area contributed by atoms with Crippen LogP contribution in [-0.2, 0) is 4.74 Å². The fourth-order valence-electron chi connectivity index (χ4n) is 2.97. The van der Waals surface area contributed by atoms with E-state index in [1.54, 1.807) is 36.5 Å². The van der Waals surface area contributed by atoms with Crippen LogP contribution < -0.4 is 21.7 Å². The van der Waals surface area contributed by atoms with E-state index in [1.807, 2.05) is 12.1 Å². The summed E-state index contributed by atoms with van der Waals surface area (Å²) in [6.07, 6.45) is 1.69. The predicted octanol–water partition coefficient (Wildman–Crippen LogP) is 1.80. The van der Waals surface area contributed by atoms with Crippen LogP contribution in [0.4, 0.5) is 23.3 Å². The Morgan fingerprint density at radius 2 is 1.83 bits per heavy atom. The number of carbonyl (C=O) groups excluding carboxylic acids is 1. The average Bonchev–Trinajstić information content (AvgIpc) is 2.75. The minimum absolute atomic E-state index is 0.445. The van der Waals surface area contributed by atoms with Gasteiger partial charge in [0.2, 0.25) is 11.9 Å². The third-order valence-corrected chi connectivity index (χ3v) is 4.53. The molecule has 1 amide bonds. The zero-order valence-electron chi connectivity index (χ0n) is 15.7. The lowest BCUT2D eigenvalue weighted by Gasteiger charge is -2.27. The Bertz CT molecular complexity index is 1000. The maximum Gasteiger partial charge on any atom is 0.248 e. The molecule has 148 valence electrons. The van der Waals surface area contributed by atoms with E-state index in [9.17, 15) is 4.79 Å². The average molecular weight is 391 g/mol. The van der Waals surface area contributed by atoms with Crippen molar-refractivity contribution in [2.45, 2.75) is 0 Å². The highest BCUT2D eigenvalue weighted by Crippen LogP contribution is 2.25. The summed E-state index contributed by atoms with van der Waals surface area (Å²) >= 11 is 0. The number of pyridine rings is 1. The van der Waals surface area contributed by atoms with Crippen molar-refractivity contribution in [2.75, 3.05) is 42.3 Å². The number of aromatic nitrogens is 3. The minimum Gasteiger partial charge on any atom is -0.384 e. The first kappa shape index (κ1) is 18.6. The second-order valence-corrected chi connectivity index (χ2v) is 6.58. The normalized spacial score (nSPS) is 13.9. The second-order valence-electron chi connectivity index (χ2n) is 6.58. The van der Waals surface area contributed by atoms with Crippen LogP contribution in [0, 0.1) is 0 Å². The summed E-state index contributed by atoms with van der Waals surface area (Å²) in [5, 5.41) is 3.26. The molecule has 0 atom stereocenters. The summed E-state index contributed by atoms with van der Waals surface area (Å²) < 4.78 is 5.43. The summed E-state index contributed by atoms with van der Waals surface area (Å²) in [7, 11) is 0. The topological polar surface area (TPSA) is 132 Å². The van der Waals surface area contributed by atoms with E-state index >= 15 is 0 Å². The molecule has 4 rings (SSSR count). The van der Waals surface area contributed by atoms with Crippen molar-refractivity contribution >= 4 is 29.2 Å². The summed E-state index contributed by atoms with van der Waals surface area (Å²) in [4.78, 5) is 26.9. The van der Waals surface area contributed by atoms with Crippen LogP contribution in [0.25, 0.3) is 11.3 Å². The van der Waals surface area contributed by atoms with Gasteiger partial charge in [-0.3, -0.25) is 4.79 Å². The van der Waals surface area contributed by atoms with Crippen molar-refractivity contribution in [3.8, 4) is 11.3 Å². The highest BCUT2D eigenvalue weighted by atomic mass is 16.5. The Hall–Kier alpha value is -3.72. The lowest BCUT2D eigenvalue weighted by Crippen LogP contribution is -2.37. The van der Waals surface area contributed by atoms with Crippen molar-refractivity contribution in [2.24, 2.45) is 5.73 Å². The van der Waals surface area contributed by atoms with Crippen molar-refractivity contribution < 1.29 is 9.53 Å². The van der Waals surface area contributed by atoms with Crippen LogP contribution in [0.2, 0.25) is 0 Å². The van der Waals surface area contributed by atoms with Gasteiger partial charge < -0.3 is 26.4 Å². The molecule has 1 fully saturated rings. The largest absolute Gasteiger partial charge is 0.384 e. The molecule has 3 aromatic rings. The maximum atomic E-state index is 11.3. The number of amides is 1.